The van der Waals surface area contributed by atoms with Crippen molar-refractivity contribution in [1.29, 1.82) is 0 Å². The SMILES string of the molecule is CNC(=O)C1CCCN1C(=O)N(CC(=O)O)CC1CC1. The summed E-state index contributed by atoms with van der Waals surface area (Å²) >= 11 is 0. The lowest BCUT2D eigenvalue weighted by Crippen LogP contribution is -2.51. The Hall–Kier alpha value is -1.79. The molecule has 2 aliphatic rings. The molecule has 0 aromatic rings. The summed E-state index contributed by atoms with van der Waals surface area (Å²) in [6.45, 7) is 0.687. The minimum atomic E-state index is -1.02. The molecule has 1 aliphatic carbocycles. The van der Waals surface area contributed by atoms with Crippen LogP contribution < -0.4 is 5.32 Å². The zero-order chi connectivity index (χ0) is 14.7. The number of carbonyl (C=O) groups excluding carboxylic acids is 2. The van der Waals surface area contributed by atoms with Gasteiger partial charge >= 0.3 is 12.0 Å². The molecule has 0 spiro atoms. The van der Waals surface area contributed by atoms with Crippen LogP contribution in [0.5, 0.6) is 0 Å². The summed E-state index contributed by atoms with van der Waals surface area (Å²) in [6.07, 6.45) is 3.49. The monoisotopic (exact) mass is 283 g/mol. The second-order valence-corrected chi connectivity index (χ2v) is 5.47. The van der Waals surface area contributed by atoms with Crippen molar-refractivity contribution >= 4 is 17.9 Å². The van der Waals surface area contributed by atoms with Crippen LogP contribution in [-0.2, 0) is 9.59 Å². The van der Waals surface area contributed by atoms with Gasteiger partial charge in [-0.05, 0) is 31.6 Å². The summed E-state index contributed by atoms with van der Waals surface area (Å²) in [6, 6.07) is -0.798. The van der Waals surface area contributed by atoms with Crippen molar-refractivity contribution in [3.63, 3.8) is 0 Å². The Balaban J connectivity index is 2.04. The van der Waals surface area contributed by atoms with Crippen molar-refractivity contribution in [3.8, 4) is 0 Å². The van der Waals surface area contributed by atoms with Gasteiger partial charge in [-0.15, -0.1) is 0 Å². The number of aliphatic carboxylic acids is 1. The summed E-state index contributed by atoms with van der Waals surface area (Å²) in [5.41, 5.74) is 0. The number of nitrogens with one attached hydrogen (secondary N) is 1. The maximum atomic E-state index is 12.5. The normalized spacial score (nSPS) is 21.6. The van der Waals surface area contributed by atoms with E-state index < -0.39 is 12.0 Å². The van der Waals surface area contributed by atoms with Gasteiger partial charge in [0.1, 0.15) is 12.6 Å². The molecular formula is C13H21N3O4. The molecule has 112 valence electrons. The molecule has 1 heterocycles. The third kappa shape index (κ3) is 3.40. The van der Waals surface area contributed by atoms with E-state index in [0.29, 0.717) is 25.4 Å². The van der Waals surface area contributed by atoms with E-state index in [1.54, 1.807) is 7.05 Å². The van der Waals surface area contributed by atoms with Crippen molar-refractivity contribution in [2.75, 3.05) is 26.7 Å². The van der Waals surface area contributed by atoms with Gasteiger partial charge in [-0.25, -0.2) is 4.79 Å². The second-order valence-electron chi connectivity index (χ2n) is 5.47. The minimum absolute atomic E-state index is 0.183. The number of carboxylic acids is 1. The summed E-state index contributed by atoms with van der Waals surface area (Å²) < 4.78 is 0. The van der Waals surface area contributed by atoms with E-state index in [2.05, 4.69) is 5.32 Å². The van der Waals surface area contributed by atoms with E-state index in [9.17, 15) is 14.4 Å². The molecule has 0 bridgehead atoms. The Bertz CT molecular complexity index is 408. The highest BCUT2D eigenvalue weighted by molar-refractivity contribution is 5.88. The fourth-order valence-corrected chi connectivity index (χ4v) is 2.60. The van der Waals surface area contributed by atoms with Crippen molar-refractivity contribution in [2.24, 2.45) is 5.92 Å². The van der Waals surface area contributed by atoms with Crippen LogP contribution in [0.1, 0.15) is 25.7 Å². The maximum absolute atomic E-state index is 12.5. The summed E-state index contributed by atoms with van der Waals surface area (Å²) in [7, 11) is 1.54. The molecule has 0 aromatic heterocycles. The van der Waals surface area contributed by atoms with E-state index in [1.807, 2.05) is 0 Å². The third-order valence-corrected chi connectivity index (χ3v) is 3.82. The molecule has 2 rings (SSSR count). The maximum Gasteiger partial charge on any atom is 0.323 e. The first-order valence-electron chi connectivity index (χ1n) is 7.02. The molecule has 7 nitrogen and oxygen atoms in total. The first-order valence-corrected chi connectivity index (χ1v) is 7.02. The topological polar surface area (TPSA) is 90.0 Å². The Morgan fingerprint density at radius 1 is 1.30 bits per heavy atom. The van der Waals surface area contributed by atoms with E-state index in [-0.39, 0.29) is 18.5 Å². The number of likely N-dealkylation sites (tertiary alicyclic amines) is 1. The van der Waals surface area contributed by atoms with Gasteiger partial charge in [0, 0.05) is 20.1 Å². The van der Waals surface area contributed by atoms with Crippen LogP contribution in [0.25, 0.3) is 0 Å². The van der Waals surface area contributed by atoms with Gasteiger partial charge in [-0.1, -0.05) is 0 Å². The number of carbonyl (C=O) groups is 3. The van der Waals surface area contributed by atoms with Crippen molar-refractivity contribution in [1.82, 2.24) is 15.1 Å². The van der Waals surface area contributed by atoms with Crippen molar-refractivity contribution in [2.45, 2.75) is 31.7 Å². The molecule has 1 saturated heterocycles. The van der Waals surface area contributed by atoms with Crippen LogP contribution in [0.15, 0.2) is 0 Å². The predicted molar refractivity (Wildman–Crippen MR) is 71.1 cm³/mol. The fraction of sp³-hybridized carbons (Fsp3) is 0.769. The van der Waals surface area contributed by atoms with E-state index >= 15 is 0 Å². The van der Waals surface area contributed by atoms with Gasteiger partial charge in [0.15, 0.2) is 0 Å². The van der Waals surface area contributed by atoms with Gasteiger partial charge in [0.05, 0.1) is 0 Å². The Morgan fingerprint density at radius 2 is 2.00 bits per heavy atom. The van der Waals surface area contributed by atoms with Crippen molar-refractivity contribution in [3.05, 3.63) is 0 Å². The van der Waals surface area contributed by atoms with Crippen molar-refractivity contribution < 1.29 is 19.5 Å². The number of likely N-dealkylation sites (N-methyl/N-ethyl adjacent to an activating group) is 1. The van der Waals surface area contributed by atoms with Crippen LogP contribution in [0.2, 0.25) is 0 Å². The zero-order valence-corrected chi connectivity index (χ0v) is 11.7. The molecule has 0 radical (unpaired) electrons. The Morgan fingerprint density at radius 3 is 2.55 bits per heavy atom. The average molecular weight is 283 g/mol. The predicted octanol–water partition coefficient (Wildman–Crippen LogP) is 0.113. The van der Waals surface area contributed by atoms with Crippen LogP contribution >= 0.6 is 0 Å². The fourth-order valence-electron chi connectivity index (χ4n) is 2.60. The van der Waals surface area contributed by atoms with Crippen LogP contribution in [0, 0.1) is 5.92 Å². The molecule has 20 heavy (non-hydrogen) atoms. The quantitative estimate of drug-likeness (QED) is 0.749. The van der Waals surface area contributed by atoms with E-state index in [1.165, 1.54) is 9.80 Å². The zero-order valence-electron chi connectivity index (χ0n) is 11.7. The number of hydrogen-bond donors (Lipinski definition) is 2. The highest BCUT2D eigenvalue weighted by Crippen LogP contribution is 2.30. The molecule has 0 aromatic carbocycles. The molecule has 1 aliphatic heterocycles. The smallest absolute Gasteiger partial charge is 0.323 e. The molecule has 1 atom stereocenters. The van der Waals surface area contributed by atoms with Gasteiger partial charge in [0.2, 0.25) is 5.91 Å². The standard InChI is InChI=1S/C13H21N3O4/c1-14-12(19)10-3-2-6-16(10)13(20)15(8-11(17)18)7-9-4-5-9/h9-10H,2-8H2,1H3,(H,14,19)(H,17,18). The van der Waals surface area contributed by atoms with Crippen LogP contribution in [0.3, 0.4) is 0 Å². The Labute approximate surface area is 117 Å². The number of rotatable bonds is 5. The molecule has 7 heteroatoms. The lowest BCUT2D eigenvalue weighted by molar-refractivity contribution is -0.137. The number of carboxylic acid groups (broad SMARTS) is 1. The number of nitrogens with zero attached hydrogens (tertiary/aromatic N) is 2. The first kappa shape index (κ1) is 14.6. The summed E-state index contributed by atoms with van der Waals surface area (Å²) in [4.78, 5) is 38.0. The largest absolute Gasteiger partial charge is 0.480 e. The highest BCUT2D eigenvalue weighted by Gasteiger charge is 2.37. The van der Waals surface area contributed by atoms with E-state index in [0.717, 1.165) is 19.3 Å². The molecule has 1 unspecified atom stereocenters. The summed E-state index contributed by atoms with van der Waals surface area (Å²) in [5, 5.41) is 11.5. The van der Waals surface area contributed by atoms with Gasteiger partial charge in [-0.3, -0.25) is 9.59 Å². The van der Waals surface area contributed by atoms with Crippen LogP contribution in [-0.4, -0.2) is 65.5 Å². The molecule has 1 saturated carbocycles. The third-order valence-electron chi connectivity index (χ3n) is 3.82. The number of amides is 3. The Kier molecular flexibility index (Phi) is 4.46. The first-order chi connectivity index (χ1) is 9.52. The second kappa shape index (κ2) is 6.11. The summed E-state index contributed by atoms with van der Waals surface area (Å²) in [5.74, 6) is -0.786. The van der Waals surface area contributed by atoms with Gasteiger partial charge < -0.3 is 20.2 Å². The number of urea groups is 1. The van der Waals surface area contributed by atoms with E-state index in [4.69, 9.17) is 5.11 Å². The lowest BCUT2D eigenvalue weighted by atomic mass is 10.2. The molecule has 2 N–H and O–H groups in total. The van der Waals surface area contributed by atoms with Gasteiger partial charge in [-0.2, -0.15) is 0 Å². The molecule has 2 fully saturated rings. The van der Waals surface area contributed by atoms with Crippen LogP contribution in [0.4, 0.5) is 4.79 Å². The highest BCUT2D eigenvalue weighted by atomic mass is 16.4. The molecule has 3 amide bonds. The average Bonchev–Trinajstić information content (AvgIpc) is 3.09. The molecular weight excluding hydrogens is 262 g/mol. The lowest BCUT2D eigenvalue weighted by Gasteiger charge is -2.30. The van der Waals surface area contributed by atoms with Gasteiger partial charge in [0.25, 0.3) is 0 Å². The number of hydrogen-bond acceptors (Lipinski definition) is 3. The minimum Gasteiger partial charge on any atom is -0.480 e.